The first kappa shape index (κ1) is 26.8. The Morgan fingerprint density at radius 3 is 2.59 bits per heavy atom. The lowest BCUT2D eigenvalue weighted by Crippen LogP contribution is -2.40. The second-order valence-corrected chi connectivity index (χ2v) is 11.1. The third-order valence-corrected chi connectivity index (χ3v) is 8.43. The number of hydrogen-bond donors (Lipinski definition) is 0. The van der Waals surface area contributed by atoms with E-state index in [0.29, 0.717) is 37.9 Å². The number of hydrogen-bond acceptors (Lipinski definition) is 6. The highest BCUT2D eigenvalue weighted by Gasteiger charge is 2.35. The Morgan fingerprint density at radius 2 is 1.83 bits per heavy atom. The molecule has 5 aromatic rings. The van der Waals surface area contributed by atoms with Crippen LogP contribution < -0.4 is 19.6 Å². The molecular weight excluding hydrogens is 558 g/mol. The lowest BCUT2D eigenvalue weighted by molar-refractivity contribution is -0.136. The van der Waals surface area contributed by atoms with E-state index in [2.05, 4.69) is 40.0 Å². The molecule has 41 heavy (non-hydrogen) atoms. The zero-order valence-electron chi connectivity index (χ0n) is 22.6. The van der Waals surface area contributed by atoms with Crippen LogP contribution in [0, 0.1) is 0 Å². The van der Waals surface area contributed by atoms with Crippen molar-refractivity contribution in [2.24, 2.45) is 4.99 Å². The number of allylic oxidation sites excluding steroid dienone is 1. The van der Waals surface area contributed by atoms with Crippen LogP contribution in [0.2, 0.25) is 5.02 Å². The van der Waals surface area contributed by atoms with Gasteiger partial charge in [-0.05, 0) is 42.8 Å². The van der Waals surface area contributed by atoms with Crippen molar-refractivity contribution < 1.29 is 14.3 Å². The minimum atomic E-state index is -0.825. The largest absolute Gasteiger partial charge is 0.496 e. The number of methoxy groups -OCH3 is 2. The molecule has 206 valence electrons. The number of para-hydroxylation sites is 1. The molecule has 3 heterocycles. The number of carbonyl (C=O) groups excluding carboxylic acids is 1. The fourth-order valence-corrected chi connectivity index (χ4v) is 6.57. The molecule has 1 atom stereocenters. The molecule has 0 bridgehead atoms. The fourth-order valence-electron chi connectivity index (χ4n) is 5.35. The van der Waals surface area contributed by atoms with Crippen LogP contribution >= 0.6 is 22.9 Å². The minimum absolute atomic E-state index is 0.256. The number of benzene rings is 3. The van der Waals surface area contributed by atoms with Gasteiger partial charge in [-0.3, -0.25) is 9.36 Å². The number of esters is 1. The van der Waals surface area contributed by atoms with Gasteiger partial charge in [0, 0.05) is 39.8 Å². The summed E-state index contributed by atoms with van der Waals surface area (Å²) in [5.41, 5.74) is 4.20. The van der Waals surface area contributed by atoms with Crippen molar-refractivity contribution in [3.05, 3.63) is 132 Å². The van der Waals surface area contributed by atoms with Crippen LogP contribution in [-0.2, 0) is 16.1 Å². The van der Waals surface area contributed by atoms with Gasteiger partial charge in [0.05, 0.1) is 30.0 Å². The summed E-state index contributed by atoms with van der Waals surface area (Å²) < 4.78 is 15.0. The maximum Gasteiger partial charge on any atom is 0.338 e. The Bertz CT molecular complexity index is 2020. The zero-order chi connectivity index (χ0) is 28.7. The van der Waals surface area contributed by atoms with E-state index in [0.717, 1.165) is 16.5 Å². The van der Waals surface area contributed by atoms with E-state index in [4.69, 9.17) is 21.1 Å². The molecule has 9 heteroatoms. The molecule has 0 fully saturated rings. The molecule has 1 aliphatic heterocycles. The molecule has 0 unspecified atom stereocenters. The van der Waals surface area contributed by atoms with Gasteiger partial charge in [0.25, 0.3) is 5.56 Å². The summed E-state index contributed by atoms with van der Waals surface area (Å²) in [6, 6.07) is 22.7. The summed E-state index contributed by atoms with van der Waals surface area (Å²) in [5.74, 6) is -0.0781. The molecule has 3 aromatic carbocycles. The number of halogens is 1. The van der Waals surface area contributed by atoms with Gasteiger partial charge in [-0.15, -0.1) is 0 Å². The molecule has 6 rings (SSSR count). The molecule has 0 spiro atoms. The third-order valence-electron chi connectivity index (χ3n) is 7.22. The fraction of sp³-hybridized carbons (Fsp3) is 0.156. The SMILES string of the molecule is COC(=O)C1=C(C)N=c2s/c(=C\c3cn(Cc4ccccc4)c4ccccc34)c(=O)n2[C@@H]1c1cc(Cl)ccc1OC. The molecule has 0 N–H and O–H groups in total. The summed E-state index contributed by atoms with van der Waals surface area (Å²) in [5, 5.41) is 1.49. The average molecular weight is 584 g/mol. The van der Waals surface area contributed by atoms with Crippen molar-refractivity contribution in [3.63, 3.8) is 0 Å². The topological polar surface area (TPSA) is 74.8 Å². The van der Waals surface area contributed by atoms with Crippen LogP contribution in [0.1, 0.15) is 29.7 Å². The molecular formula is C32H26ClN3O4S. The highest BCUT2D eigenvalue weighted by Crippen LogP contribution is 2.37. The van der Waals surface area contributed by atoms with Crippen LogP contribution in [0.5, 0.6) is 5.75 Å². The second-order valence-electron chi connectivity index (χ2n) is 9.67. The Hall–Kier alpha value is -4.40. The molecule has 0 amide bonds. The van der Waals surface area contributed by atoms with Crippen LogP contribution in [0.4, 0.5) is 0 Å². The van der Waals surface area contributed by atoms with Crippen molar-refractivity contribution in [1.82, 2.24) is 9.13 Å². The quantitative estimate of drug-likeness (QED) is 0.262. The highest BCUT2D eigenvalue weighted by atomic mass is 35.5. The molecule has 7 nitrogen and oxygen atoms in total. The predicted octanol–water partition coefficient (Wildman–Crippen LogP) is 5.07. The van der Waals surface area contributed by atoms with Crippen LogP contribution in [0.3, 0.4) is 0 Å². The number of ether oxygens (including phenoxy) is 2. The Kier molecular flexibility index (Phi) is 7.11. The van der Waals surface area contributed by atoms with E-state index < -0.39 is 12.0 Å². The maximum absolute atomic E-state index is 14.1. The number of fused-ring (bicyclic) bond motifs is 2. The van der Waals surface area contributed by atoms with Gasteiger partial charge in [0.1, 0.15) is 11.8 Å². The normalized spacial score (nSPS) is 15.1. The zero-order valence-corrected chi connectivity index (χ0v) is 24.2. The third kappa shape index (κ3) is 4.79. The van der Waals surface area contributed by atoms with Crippen molar-refractivity contribution in [2.75, 3.05) is 14.2 Å². The molecule has 1 aliphatic rings. The Balaban J connectivity index is 1.56. The van der Waals surface area contributed by atoms with Crippen LogP contribution in [0.15, 0.2) is 100 Å². The predicted molar refractivity (Wildman–Crippen MR) is 161 cm³/mol. The van der Waals surface area contributed by atoms with Gasteiger partial charge in [0.2, 0.25) is 0 Å². The lowest BCUT2D eigenvalue weighted by atomic mass is 9.95. The molecule has 0 saturated heterocycles. The molecule has 2 aromatic heterocycles. The first-order chi connectivity index (χ1) is 19.9. The summed E-state index contributed by atoms with van der Waals surface area (Å²) >= 11 is 7.66. The van der Waals surface area contributed by atoms with E-state index in [1.807, 2.05) is 36.4 Å². The number of thiazole rings is 1. The van der Waals surface area contributed by atoms with Crippen molar-refractivity contribution in [2.45, 2.75) is 19.5 Å². The van der Waals surface area contributed by atoms with Gasteiger partial charge in [-0.1, -0.05) is 71.5 Å². The number of carbonyl (C=O) groups is 1. The summed E-state index contributed by atoms with van der Waals surface area (Å²) in [4.78, 5) is 32.3. The summed E-state index contributed by atoms with van der Waals surface area (Å²) in [6.45, 7) is 2.44. The lowest BCUT2D eigenvalue weighted by Gasteiger charge is -2.25. The highest BCUT2D eigenvalue weighted by molar-refractivity contribution is 7.07. The molecule has 0 aliphatic carbocycles. The van der Waals surface area contributed by atoms with Crippen LogP contribution in [0.25, 0.3) is 17.0 Å². The van der Waals surface area contributed by atoms with E-state index >= 15 is 0 Å². The van der Waals surface area contributed by atoms with Gasteiger partial charge in [0.15, 0.2) is 4.80 Å². The minimum Gasteiger partial charge on any atom is -0.496 e. The van der Waals surface area contributed by atoms with Crippen LogP contribution in [-0.4, -0.2) is 29.3 Å². The first-order valence-electron chi connectivity index (χ1n) is 13.0. The molecule has 0 saturated carbocycles. The van der Waals surface area contributed by atoms with Gasteiger partial charge >= 0.3 is 5.97 Å². The van der Waals surface area contributed by atoms with E-state index in [1.165, 1.54) is 35.7 Å². The van der Waals surface area contributed by atoms with Crippen molar-refractivity contribution in [1.29, 1.82) is 0 Å². The first-order valence-corrected chi connectivity index (χ1v) is 14.1. The average Bonchev–Trinajstić information content (AvgIpc) is 3.48. The van der Waals surface area contributed by atoms with Gasteiger partial charge < -0.3 is 14.0 Å². The number of aromatic nitrogens is 2. The van der Waals surface area contributed by atoms with Crippen molar-refractivity contribution in [3.8, 4) is 5.75 Å². The second kappa shape index (κ2) is 10.9. The molecule has 0 radical (unpaired) electrons. The monoisotopic (exact) mass is 583 g/mol. The van der Waals surface area contributed by atoms with Gasteiger partial charge in [-0.2, -0.15) is 0 Å². The smallest absolute Gasteiger partial charge is 0.338 e. The standard InChI is InChI=1S/C32H26ClN3O4S/c1-19-28(31(38)40-3)29(24-16-22(33)13-14-26(24)39-2)36-30(37)27(41-32(36)34-19)15-21-18-35(17-20-9-5-4-6-10-20)25-12-8-7-11-23(21)25/h4-16,18,29H,17H2,1-3H3/b27-15-/t29-/m1/s1. The number of nitrogens with zero attached hydrogens (tertiary/aromatic N) is 3. The Labute approximate surface area is 244 Å². The maximum atomic E-state index is 14.1. The van der Waals surface area contributed by atoms with E-state index in [1.54, 1.807) is 25.1 Å². The van der Waals surface area contributed by atoms with E-state index in [9.17, 15) is 9.59 Å². The summed E-state index contributed by atoms with van der Waals surface area (Å²) in [7, 11) is 2.85. The van der Waals surface area contributed by atoms with Gasteiger partial charge in [-0.25, -0.2) is 9.79 Å². The van der Waals surface area contributed by atoms with E-state index in [-0.39, 0.29) is 11.1 Å². The van der Waals surface area contributed by atoms with Crippen molar-refractivity contribution >= 4 is 45.9 Å². The number of rotatable bonds is 6. The summed E-state index contributed by atoms with van der Waals surface area (Å²) in [6.07, 6.45) is 3.97. The Morgan fingerprint density at radius 1 is 1.07 bits per heavy atom.